The number of hydrogen-bond donors (Lipinski definition) is 2. The fourth-order valence-electron chi connectivity index (χ4n) is 3.37. The quantitative estimate of drug-likeness (QED) is 0.753. The van der Waals surface area contributed by atoms with Crippen LogP contribution in [0.4, 0.5) is 5.69 Å². The molecule has 2 N–H and O–H groups in total. The SMILES string of the molecule is CCc1cccc(C)c1NC(=O)C[NH+]1CCN(S(=O)(=O)c2cccs2)CC1. The van der Waals surface area contributed by atoms with Gasteiger partial charge in [-0.25, -0.2) is 8.42 Å². The number of quaternary nitrogens is 1. The van der Waals surface area contributed by atoms with Crippen molar-refractivity contribution in [3.63, 3.8) is 0 Å². The highest BCUT2D eigenvalue weighted by atomic mass is 32.2. The van der Waals surface area contributed by atoms with Crippen LogP contribution in [0.15, 0.2) is 39.9 Å². The lowest BCUT2D eigenvalue weighted by atomic mass is 10.1. The minimum absolute atomic E-state index is 0.0245. The topological polar surface area (TPSA) is 70.9 Å². The number of amides is 1. The molecule has 1 aliphatic rings. The number of aryl methyl sites for hydroxylation is 2. The van der Waals surface area contributed by atoms with Crippen LogP contribution in [0.5, 0.6) is 0 Å². The van der Waals surface area contributed by atoms with Crippen LogP contribution in [0.3, 0.4) is 0 Å². The first-order valence-electron chi connectivity index (χ1n) is 9.17. The second-order valence-corrected chi connectivity index (χ2v) is 9.89. The molecule has 0 spiro atoms. The average molecular weight is 409 g/mol. The van der Waals surface area contributed by atoms with Crippen LogP contribution >= 0.6 is 11.3 Å². The van der Waals surface area contributed by atoms with Gasteiger partial charge in [0.1, 0.15) is 4.21 Å². The van der Waals surface area contributed by atoms with E-state index in [2.05, 4.69) is 12.2 Å². The minimum Gasteiger partial charge on any atom is -0.325 e. The zero-order valence-corrected chi connectivity index (χ0v) is 17.3. The number of piperazine rings is 1. The number of benzene rings is 1. The van der Waals surface area contributed by atoms with Crippen LogP contribution in [-0.2, 0) is 21.2 Å². The molecule has 8 heteroatoms. The van der Waals surface area contributed by atoms with E-state index in [0.29, 0.717) is 36.9 Å². The molecular weight excluding hydrogens is 382 g/mol. The molecule has 0 atom stereocenters. The highest BCUT2D eigenvalue weighted by Gasteiger charge is 2.31. The van der Waals surface area contributed by atoms with E-state index >= 15 is 0 Å². The Hall–Kier alpha value is -1.74. The number of rotatable bonds is 6. The maximum atomic E-state index is 12.6. The Morgan fingerprint density at radius 3 is 2.59 bits per heavy atom. The molecule has 1 amide bonds. The average Bonchev–Trinajstić information content (AvgIpc) is 3.19. The first-order valence-corrected chi connectivity index (χ1v) is 11.5. The van der Waals surface area contributed by atoms with Gasteiger partial charge in [0.25, 0.3) is 15.9 Å². The molecule has 27 heavy (non-hydrogen) atoms. The molecule has 1 aromatic heterocycles. The molecule has 1 fully saturated rings. The van der Waals surface area contributed by atoms with E-state index < -0.39 is 10.0 Å². The zero-order valence-electron chi connectivity index (χ0n) is 15.7. The number of nitrogens with one attached hydrogen (secondary N) is 2. The Bertz CT molecular complexity index is 887. The van der Waals surface area contributed by atoms with Crippen LogP contribution in [-0.4, -0.2) is 51.4 Å². The van der Waals surface area contributed by atoms with E-state index in [9.17, 15) is 13.2 Å². The summed E-state index contributed by atoms with van der Waals surface area (Å²) >= 11 is 1.24. The predicted octanol–water partition coefficient (Wildman–Crippen LogP) is 1.15. The van der Waals surface area contributed by atoms with E-state index in [1.807, 2.05) is 25.1 Å². The Morgan fingerprint density at radius 2 is 1.96 bits per heavy atom. The Morgan fingerprint density at radius 1 is 1.22 bits per heavy atom. The molecule has 0 unspecified atom stereocenters. The highest BCUT2D eigenvalue weighted by molar-refractivity contribution is 7.91. The molecule has 2 heterocycles. The Labute approximate surface area is 164 Å². The molecule has 0 radical (unpaired) electrons. The van der Waals surface area contributed by atoms with Gasteiger partial charge in [-0.1, -0.05) is 31.2 Å². The third kappa shape index (κ3) is 4.57. The molecule has 0 bridgehead atoms. The molecule has 1 aromatic carbocycles. The lowest BCUT2D eigenvalue weighted by Crippen LogP contribution is -3.15. The third-order valence-electron chi connectivity index (χ3n) is 4.93. The van der Waals surface area contributed by atoms with Gasteiger partial charge in [-0.2, -0.15) is 4.31 Å². The third-order valence-corrected chi connectivity index (χ3v) is 8.21. The number of nitrogens with zero attached hydrogens (tertiary/aromatic N) is 1. The predicted molar refractivity (Wildman–Crippen MR) is 108 cm³/mol. The maximum Gasteiger partial charge on any atom is 0.279 e. The van der Waals surface area contributed by atoms with E-state index in [1.54, 1.807) is 17.5 Å². The normalized spacial score (nSPS) is 16.4. The molecule has 1 aliphatic heterocycles. The Kier molecular flexibility index (Phi) is 6.31. The van der Waals surface area contributed by atoms with Crippen molar-refractivity contribution in [2.24, 2.45) is 0 Å². The van der Waals surface area contributed by atoms with Gasteiger partial charge < -0.3 is 10.2 Å². The summed E-state index contributed by atoms with van der Waals surface area (Å²) in [6, 6.07) is 9.42. The second-order valence-electron chi connectivity index (χ2n) is 6.77. The first-order chi connectivity index (χ1) is 12.9. The van der Waals surface area contributed by atoms with Gasteiger partial charge in [-0.3, -0.25) is 4.79 Å². The number of anilines is 1. The van der Waals surface area contributed by atoms with Crippen LogP contribution in [0.2, 0.25) is 0 Å². The number of carbonyl (C=O) groups excluding carboxylic acids is 1. The summed E-state index contributed by atoms with van der Waals surface area (Å²) in [5, 5.41) is 4.82. The van der Waals surface area contributed by atoms with Crippen molar-refractivity contribution in [3.05, 3.63) is 46.8 Å². The van der Waals surface area contributed by atoms with Crippen LogP contribution in [0, 0.1) is 6.92 Å². The van der Waals surface area contributed by atoms with Gasteiger partial charge >= 0.3 is 0 Å². The maximum absolute atomic E-state index is 12.6. The van der Waals surface area contributed by atoms with E-state index in [0.717, 1.165) is 28.1 Å². The van der Waals surface area contributed by atoms with Crippen molar-refractivity contribution in [2.75, 3.05) is 38.0 Å². The minimum atomic E-state index is -3.40. The van der Waals surface area contributed by atoms with Gasteiger partial charge in [0.15, 0.2) is 6.54 Å². The number of sulfonamides is 1. The standard InChI is InChI=1S/C19H25N3O3S2/c1-3-16-7-4-6-15(2)19(16)20-17(23)14-21-9-11-22(12-10-21)27(24,25)18-8-5-13-26-18/h4-8,13H,3,9-12,14H2,1-2H3,(H,20,23)/p+1. The van der Waals surface area contributed by atoms with Crippen molar-refractivity contribution < 1.29 is 18.1 Å². The second kappa shape index (κ2) is 8.52. The smallest absolute Gasteiger partial charge is 0.279 e. The monoisotopic (exact) mass is 408 g/mol. The summed E-state index contributed by atoms with van der Waals surface area (Å²) in [6.07, 6.45) is 0.864. The van der Waals surface area contributed by atoms with Crippen LogP contribution in [0.25, 0.3) is 0 Å². The molecule has 6 nitrogen and oxygen atoms in total. The van der Waals surface area contributed by atoms with E-state index in [1.165, 1.54) is 15.6 Å². The van der Waals surface area contributed by atoms with E-state index in [-0.39, 0.29) is 5.91 Å². The summed E-state index contributed by atoms with van der Waals surface area (Å²) in [4.78, 5) is 13.6. The lowest BCUT2D eigenvalue weighted by molar-refractivity contribution is -0.895. The van der Waals surface area contributed by atoms with Crippen LogP contribution < -0.4 is 10.2 Å². The summed E-state index contributed by atoms with van der Waals surface area (Å²) in [6.45, 7) is 6.56. The van der Waals surface area contributed by atoms with Crippen molar-refractivity contribution in [1.29, 1.82) is 0 Å². The van der Waals surface area contributed by atoms with Gasteiger partial charge in [0, 0.05) is 5.69 Å². The zero-order chi connectivity index (χ0) is 19.4. The molecule has 0 saturated carbocycles. The largest absolute Gasteiger partial charge is 0.325 e. The first kappa shape index (κ1) is 20.0. The van der Waals surface area contributed by atoms with Crippen molar-refractivity contribution in [1.82, 2.24) is 4.31 Å². The van der Waals surface area contributed by atoms with Crippen molar-refractivity contribution >= 4 is 33.0 Å². The van der Waals surface area contributed by atoms with Crippen LogP contribution in [0.1, 0.15) is 18.1 Å². The lowest BCUT2D eigenvalue weighted by Gasteiger charge is -2.30. The molecule has 1 saturated heterocycles. The fourth-order valence-corrected chi connectivity index (χ4v) is 5.96. The van der Waals surface area contributed by atoms with Crippen molar-refractivity contribution in [3.8, 4) is 0 Å². The number of hydrogen-bond acceptors (Lipinski definition) is 4. The van der Waals surface area contributed by atoms with Crippen molar-refractivity contribution in [2.45, 2.75) is 24.5 Å². The summed E-state index contributed by atoms with van der Waals surface area (Å²) in [5.41, 5.74) is 3.10. The summed E-state index contributed by atoms with van der Waals surface area (Å²) in [5.74, 6) is -0.0245. The van der Waals surface area contributed by atoms with E-state index in [4.69, 9.17) is 0 Å². The molecule has 146 valence electrons. The molecular formula is C19H26N3O3S2+. The fraction of sp³-hybridized carbons (Fsp3) is 0.421. The summed E-state index contributed by atoms with van der Waals surface area (Å²) < 4.78 is 27.1. The molecule has 3 rings (SSSR count). The van der Waals surface area contributed by atoms with Gasteiger partial charge in [0.2, 0.25) is 0 Å². The molecule has 2 aromatic rings. The van der Waals surface area contributed by atoms with Gasteiger partial charge in [0.05, 0.1) is 26.2 Å². The Balaban J connectivity index is 1.56. The van der Waals surface area contributed by atoms with Gasteiger partial charge in [-0.05, 0) is 35.9 Å². The number of carbonyl (C=O) groups is 1. The molecule has 0 aliphatic carbocycles. The summed E-state index contributed by atoms with van der Waals surface area (Å²) in [7, 11) is -3.40. The van der Waals surface area contributed by atoms with Gasteiger partial charge in [-0.15, -0.1) is 11.3 Å². The highest BCUT2D eigenvalue weighted by Crippen LogP contribution is 2.21. The number of para-hydroxylation sites is 1. The number of thiophene rings is 1.